The van der Waals surface area contributed by atoms with E-state index in [0.29, 0.717) is 25.3 Å². The summed E-state index contributed by atoms with van der Waals surface area (Å²) in [5.41, 5.74) is 0.952. The van der Waals surface area contributed by atoms with Crippen LogP contribution in [0.2, 0.25) is 0 Å². The zero-order valence-corrected chi connectivity index (χ0v) is 17.3. The molecule has 2 aliphatic heterocycles. The standard InChI is InChI=1S/C20H29N3O4S/c1-26-16-4-5-18(27-2)15(10-16)3-6-19(24)22-12-14-9-17(21-11-14)20(25)23-7-8-28-13-23/h4-5,10,14,17,21H,3,6-9,11-13H2,1-2H3,(H,22,24)/t14-,17-/m0/s1. The van der Waals surface area contributed by atoms with Gasteiger partial charge in [0.15, 0.2) is 0 Å². The van der Waals surface area contributed by atoms with Crippen LogP contribution in [-0.2, 0) is 16.0 Å². The molecule has 8 heteroatoms. The summed E-state index contributed by atoms with van der Waals surface area (Å²) in [7, 11) is 3.24. The number of nitrogens with zero attached hydrogens (tertiary/aromatic N) is 1. The first-order valence-corrected chi connectivity index (χ1v) is 10.8. The van der Waals surface area contributed by atoms with Gasteiger partial charge in [-0.05, 0) is 42.5 Å². The summed E-state index contributed by atoms with van der Waals surface area (Å²) in [5, 5.41) is 6.32. The van der Waals surface area contributed by atoms with E-state index in [1.165, 1.54) is 0 Å². The highest BCUT2D eigenvalue weighted by molar-refractivity contribution is 7.99. The molecule has 2 amide bonds. The zero-order chi connectivity index (χ0) is 19.9. The Morgan fingerprint density at radius 1 is 1.32 bits per heavy atom. The SMILES string of the molecule is COc1ccc(OC)c(CCC(=O)NC[C@@H]2CN[C@H](C(=O)N3CCSC3)C2)c1. The molecular weight excluding hydrogens is 378 g/mol. The molecule has 2 heterocycles. The molecule has 1 aromatic rings. The van der Waals surface area contributed by atoms with Gasteiger partial charge in [0, 0.05) is 31.8 Å². The van der Waals surface area contributed by atoms with Crippen molar-refractivity contribution in [2.45, 2.75) is 25.3 Å². The molecule has 2 N–H and O–H groups in total. The van der Waals surface area contributed by atoms with Crippen molar-refractivity contribution in [1.29, 1.82) is 0 Å². The third-order valence-corrected chi connectivity index (χ3v) is 6.25. The molecule has 0 aliphatic carbocycles. The van der Waals surface area contributed by atoms with Gasteiger partial charge in [-0.2, -0.15) is 0 Å². The first-order valence-electron chi connectivity index (χ1n) is 9.68. The summed E-state index contributed by atoms with van der Waals surface area (Å²) in [4.78, 5) is 26.6. The maximum atomic E-state index is 12.4. The van der Waals surface area contributed by atoms with Crippen LogP contribution in [0.1, 0.15) is 18.4 Å². The van der Waals surface area contributed by atoms with Crippen LogP contribution in [-0.4, -0.2) is 68.2 Å². The lowest BCUT2D eigenvalue weighted by Crippen LogP contribution is -2.42. The summed E-state index contributed by atoms with van der Waals surface area (Å²) < 4.78 is 10.6. The Kier molecular flexibility index (Phi) is 7.44. The van der Waals surface area contributed by atoms with Crippen molar-refractivity contribution in [2.24, 2.45) is 5.92 Å². The number of rotatable bonds is 8. The first kappa shape index (κ1) is 20.8. The van der Waals surface area contributed by atoms with Crippen LogP contribution in [0.4, 0.5) is 0 Å². The van der Waals surface area contributed by atoms with Gasteiger partial charge in [0.25, 0.3) is 0 Å². The van der Waals surface area contributed by atoms with Gasteiger partial charge < -0.3 is 25.0 Å². The van der Waals surface area contributed by atoms with Crippen LogP contribution in [0, 0.1) is 5.92 Å². The summed E-state index contributed by atoms with van der Waals surface area (Å²) in [6, 6.07) is 5.49. The Balaban J connectivity index is 1.41. The lowest BCUT2D eigenvalue weighted by atomic mass is 10.0. The van der Waals surface area contributed by atoms with E-state index in [1.807, 2.05) is 23.1 Å². The largest absolute Gasteiger partial charge is 0.497 e. The van der Waals surface area contributed by atoms with Crippen molar-refractivity contribution in [3.63, 3.8) is 0 Å². The van der Waals surface area contributed by atoms with E-state index >= 15 is 0 Å². The van der Waals surface area contributed by atoms with Crippen LogP contribution in [0.15, 0.2) is 18.2 Å². The molecule has 0 saturated carbocycles. The molecular formula is C20H29N3O4S. The summed E-state index contributed by atoms with van der Waals surface area (Å²) in [6.07, 6.45) is 1.75. The van der Waals surface area contributed by atoms with Crippen molar-refractivity contribution in [3.05, 3.63) is 23.8 Å². The molecule has 2 atom stereocenters. The highest BCUT2D eigenvalue weighted by Gasteiger charge is 2.33. The minimum Gasteiger partial charge on any atom is -0.497 e. The number of amides is 2. The molecule has 7 nitrogen and oxygen atoms in total. The average molecular weight is 408 g/mol. The number of hydrogen-bond donors (Lipinski definition) is 2. The monoisotopic (exact) mass is 407 g/mol. The number of carbonyl (C=O) groups excluding carboxylic acids is 2. The molecule has 1 aromatic carbocycles. The summed E-state index contributed by atoms with van der Waals surface area (Å²) in [5.74, 6) is 3.83. The minimum absolute atomic E-state index is 0.00981. The minimum atomic E-state index is -0.110. The molecule has 2 saturated heterocycles. The Bertz CT molecular complexity index is 694. The quantitative estimate of drug-likeness (QED) is 0.676. The highest BCUT2D eigenvalue weighted by atomic mass is 32.2. The topological polar surface area (TPSA) is 79.9 Å². The average Bonchev–Trinajstić information content (AvgIpc) is 3.42. The second-order valence-corrected chi connectivity index (χ2v) is 8.26. The zero-order valence-electron chi connectivity index (χ0n) is 16.5. The van der Waals surface area contributed by atoms with Crippen molar-refractivity contribution >= 4 is 23.6 Å². The van der Waals surface area contributed by atoms with Crippen LogP contribution < -0.4 is 20.1 Å². The number of hydrogen-bond acceptors (Lipinski definition) is 6. The lowest BCUT2D eigenvalue weighted by Gasteiger charge is -2.19. The number of ether oxygens (including phenoxy) is 2. The van der Waals surface area contributed by atoms with E-state index in [-0.39, 0.29) is 17.9 Å². The van der Waals surface area contributed by atoms with Crippen LogP contribution in [0.25, 0.3) is 0 Å². The third-order valence-electron chi connectivity index (χ3n) is 5.28. The number of methoxy groups -OCH3 is 2. The van der Waals surface area contributed by atoms with Gasteiger partial charge >= 0.3 is 0 Å². The lowest BCUT2D eigenvalue weighted by molar-refractivity contribution is -0.131. The van der Waals surface area contributed by atoms with Crippen LogP contribution in [0.5, 0.6) is 11.5 Å². The normalized spacial score (nSPS) is 21.6. The smallest absolute Gasteiger partial charge is 0.240 e. The van der Waals surface area contributed by atoms with Gasteiger partial charge in [-0.1, -0.05) is 0 Å². The number of aryl methyl sites for hydroxylation is 1. The maximum Gasteiger partial charge on any atom is 0.240 e. The van der Waals surface area contributed by atoms with Crippen molar-refractivity contribution in [1.82, 2.24) is 15.5 Å². The number of thioether (sulfide) groups is 1. The molecule has 154 valence electrons. The fraction of sp³-hybridized carbons (Fsp3) is 0.600. The molecule has 0 spiro atoms. The van der Waals surface area contributed by atoms with Crippen LogP contribution in [0.3, 0.4) is 0 Å². The highest BCUT2D eigenvalue weighted by Crippen LogP contribution is 2.25. The number of benzene rings is 1. The fourth-order valence-electron chi connectivity index (χ4n) is 3.63. The Morgan fingerprint density at radius 2 is 2.18 bits per heavy atom. The molecule has 28 heavy (non-hydrogen) atoms. The van der Waals surface area contributed by atoms with E-state index in [0.717, 1.165) is 48.2 Å². The molecule has 0 radical (unpaired) electrons. The van der Waals surface area contributed by atoms with E-state index in [4.69, 9.17) is 9.47 Å². The van der Waals surface area contributed by atoms with Crippen molar-refractivity contribution in [2.75, 3.05) is 45.5 Å². The number of nitrogens with one attached hydrogen (secondary N) is 2. The Morgan fingerprint density at radius 3 is 2.89 bits per heavy atom. The van der Waals surface area contributed by atoms with Gasteiger partial charge in [0.05, 0.1) is 26.1 Å². The van der Waals surface area contributed by atoms with Gasteiger partial charge in [-0.3, -0.25) is 9.59 Å². The predicted molar refractivity (Wildman–Crippen MR) is 110 cm³/mol. The predicted octanol–water partition coefficient (Wildman–Crippen LogP) is 1.26. The maximum absolute atomic E-state index is 12.4. The van der Waals surface area contributed by atoms with Gasteiger partial charge in [0.1, 0.15) is 11.5 Å². The second kappa shape index (κ2) is 10.0. The summed E-state index contributed by atoms with van der Waals surface area (Å²) >= 11 is 1.80. The van der Waals surface area contributed by atoms with Gasteiger partial charge in [-0.15, -0.1) is 11.8 Å². The van der Waals surface area contributed by atoms with Crippen molar-refractivity contribution in [3.8, 4) is 11.5 Å². The molecule has 0 aromatic heterocycles. The number of carbonyl (C=O) groups is 2. The Labute approximate surface area is 170 Å². The van der Waals surface area contributed by atoms with Gasteiger partial charge in [0.2, 0.25) is 11.8 Å². The van der Waals surface area contributed by atoms with E-state index in [9.17, 15) is 9.59 Å². The molecule has 2 fully saturated rings. The Hall–Kier alpha value is -1.93. The molecule has 0 bridgehead atoms. The van der Waals surface area contributed by atoms with Crippen LogP contribution >= 0.6 is 11.8 Å². The van der Waals surface area contributed by atoms with E-state index in [1.54, 1.807) is 26.0 Å². The van der Waals surface area contributed by atoms with Gasteiger partial charge in [-0.25, -0.2) is 0 Å². The van der Waals surface area contributed by atoms with Crippen molar-refractivity contribution < 1.29 is 19.1 Å². The molecule has 0 unspecified atom stereocenters. The van der Waals surface area contributed by atoms with E-state index in [2.05, 4.69) is 10.6 Å². The second-order valence-electron chi connectivity index (χ2n) is 7.18. The molecule has 2 aliphatic rings. The summed E-state index contributed by atoms with van der Waals surface area (Å²) in [6.45, 7) is 2.21. The third kappa shape index (κ3) is 5.32. The van der Waals surface area contributed by atoms with E-state index < -0.39 is 0 Å². The fourth-order valence-corrected chi connectivity index (χ4v) is 4.59. The molecule has 3 rings (SSSR count). The first-order chi connectivity index (χ1) is 13.6.